The molecule has 4 nitrogen and oxygen atoms in total. The standard InChI is InChI=1S/C16H9F2N4S.Ir/c1-9-21-13-7-10(5-6-14(13)23-9)16-19-8-20-22(16)15-11(17)3-2-4-12(15)18;/h2-4,6-8H,1H3;/q-1;. The molecule has 0 aliphatic heterocycles. The Morgan fingerprint density at radius 2 is 1.96 bits per heavy atom. The van der Waals surface area contributed by atoms with Crippen LogP contribution in [0.3, 0.4) is 0 Å². The van der Waals surface area contributed by atoms with Gasteiger partial charge < -0.3 is 0 Å². The zero-order valence-electron chi connectivity index (χ0n) is 12.3. The molecule has 0 spiro atoms. The third kappa shape index (κ3) is 2.77. The molecule has 0 bridgehead atoms. The molecule has 8 heteroatoms. The number of benzene rings is 2. The molecule has 24 heavy (non-hydrogen) atoms. The molecule has 4 aromatic rings. The summed E-state index contributed by atoms with van der Waals surface area (Å²) >= 11 is 1.56. The molecule has 0 amide bonds. The van der Waals surface area contributed by atoms with Crippen molar-refractivity contribution in [3.8, 4) is 17.1 Å². The van der Waals surface area contributed by atoms with Crippen molar-refractivity contribution in [1.29, 1.82) is 0 Å². The van der Waals surface area contributed by atoms with E-state index in [-0.39, 0.29) is 25.8 Å². The molecule has 2 aromatic carbocycles. The van der Waals surface area contributed by atoms with Crippen molar-refractivity contribution in [3.63, 3.8) is 0 Å². The minimum absolute atomic E-state index is 0. The largest absolute Gasteiger partial charge is 0.264 e. The van der Waals surface area contributed by atoms with Gasteiger partial charge in [0.15, 0.2) is 11.6 Å². The van der Waals surface area contributed by atoms with E-state index in [0.29, 0.717) is 11.4 Å². The van der Waals surface area contributed by atoms with Gasteiger partial charge in [0.25, 0.3) is 0 Å². The van der Waals surface area contributed by atoms with E-state index < -0.39 is 11.6 Å². The van der Waals surface area contributed by atoms with E-state index in [9.17, 15) is 8.78 Å². The Bertz CT molecular complexity index is 1010. The molecule has 0 N–H and O–H groups in total. The number of aryl methyl sites for hydroxylation is 1. The van der Waals surface area contributed by atoms with Crippen LogP contribution in [0.2, 0.25) is 0 Å². The molecule has 123 valence electrons. The fourth-order valence-corrected chi connectivity index (χ4v) is 3.19. The van der Waals surface area contributed by atoms with Crippen molar-refractivity contribution < 1.29 is 28.9 Å². The van der Waals surface area contributed by atoms with Gasteiger partial charge in [0, 0.05) is 20.1 Å². The first-order valence-corrected chi connectivity index (χ1v) is 7.59. The van der Waals surface area contributed by atoms with Crippen LogP contribution in [0.4, 0.5) is 8.78 Å². The number of para-hydroxylation sites is 1. The Morgan fingerprint density at radius 3 is 2.71 bits per heavy atom. The second-order valence-corrected chi connectivity index (χ2v) is 6.13. The monoisotopic (exact) mass is 520 g/mol. The summed E-state index contributed by atoms with van der Waals surface area (Å²) in [6, 6.07) is 10.3. The van der Waals surface area contributed by atoms with Crippen molar-refractivity contribution in [1.82, 2.24) is 19.7 Å². The fourth-order valence-electron chi connectivity index (χ4n) is 2.40. The summed E-state index contributed by atoms with van der Waals surface area (Å²) in [6.07, 6.45) is 1.26. The molecule has 2 aromatic heterocycles. The zero-order valence-corrected chi connectivity index (χ0v) is 15.5. The predicted octanol–water partition coefficient (Wildman–Crippen LogP) is 3.93. The van der Waals surface area contributed by atoms with Gasteiger partial charge in [0.1, 0.15) is 12.0 Å². The molecule has 1 radical (unpaired) electrons. The van der Waals surface area contributed by atoms with Gasteiger partial charge in [-0.1, -0.05) is 6.07 Å². The van der Waals surface area contributed by atoms with Gasteiger partial charge in [-0.25, -0.2) is 13.5 Å². The topological polar surface area (TPSA) is 43.6 Å². The summed E-state index contributed by atoms with van der Waals surface area (Å²) in [5.41, 5.74) is 1.11. The van der Waals surface area contributed by atoms with Crippen LogP contribution in [-0.4, -0.2) is 19.7 Å². The molecule has 0 fully saturated rings. The van der Waals surface area contributed by atoms with Gasteiger partial charge >= 0.3 is 0 Å². The van der Waals surface area contributed by atoms with Crippen molar-refractivity contribution in [2.75, 3.05) is 0 Å². The Labute approximate surface area is 153 Å². The van der Waals surface area contributed by atoms with E-state index in [1.54, 1.807) is 23.5 Å². The Morgan fingerprint density at radius 1 is 1.21 bits per heavy atom. The Balaban J connectivity index is 0.00000169. The molecule has 0 atom stereocenters. The molecule has 0 aliphatic carbocycles. The smallest absolute Gasteiger partial charge is 0.151 e. The molecular formula is C16H9F2IrN4S-. The van der Waals surface area contributed by atoms with Crippen LogP contribution in [0.25, 0.3) is 27.3 Å². The average molecular weight is 520 g/mol. The number of aromatic nitrogens is 4. The number of nitrogens with zero attached hydrogens (tertiary/aromatic N) is 4. The molecule has 0 saturated heterocycles. The predicted molar refractivity (Wildman–Crippen MR) is 83.5 cm³/mol. The first kappa shape index (κ1) is 16.8. The van der Waals surface area contributed by atoms with Crippen LogP contribution in [0.15, 0.2) is 36.7 Å². The summed E-state index contributed by atoms with van der Waals surface area (Å²) in [7, 11) is 0. The summed E-state index contributed by atoms with van der Waals surface area (Å²) in [4.78, 5) is 8.54. The average Bonchev–Trinajstić information content (AvgIpc) is 3.11. The van der Waals surface area contributed by atoms with Gasteiger partial charge in [-0.05, 0) is 29.3 Å². The molecule has 0 saturated carbocycles. The number of halogens is 2. The first-order valence-electron chi connectivity index (χ1n) is 6.77. The minimum atomic E-state index is -0.706. The van der Waals surface area contributed by atoms with E-state index in [1.807, 2.05) is 6.92 Å². The number of rotatable bonds is 2. The summed E-state index contributed by atoms with van der Waals surface area (Å²) in [5.74, 6) is -1.11. The third-order valence-electron chi connectivity index (χ3n) is 3.37. The van der Waals surface area contributed by atoms with Crippen molar-refractivity contribution in [2.45, 2.75) is 6.92 Å². The number of hydrogen-bond donors (Lipinski definition) is 0. The molecule has 4 rings (SSSR count). The van der Waals surface area contributed by atoms with Gasteiger partial charge in [-0.2, -0.15) is 16.4 Å². The second-order valence-electron chi connectivity index (χ2n) is 4.89. The van der Waals surface area contributed by atoms with Crippen molar-refractivity contribution >= 4 is 21.6 Å². The van der Waals surface area contributed by atoms with E-state index >= 15 is 0 Å². The first-order chi connectivity index (χ1) is 11.1. The van der Waals surface area contributed by atoms with Crippen LogP contribution in [0.1, 0.15) is 5.01 Å². The molecule has 2 heterocycles. The van der Waals surface area contributed by atoms with Crippen LogP contribution in [-0.2, 0) is 20.1 Å². The van der Waals surface area contributed by atoms with Crippen LogP contribution < -0.4 is 0 Å². The van der Waals surface area contributed by atoms with E-state index in [2.05, 4.69) is 21.1 Å². The van der Waals surface area contributed by atoms with Crippen LogP contribution in [0, 0.1) is 24.6 Å². The fraction of sp³-hybridized carbons (Fsp3) is 0.0625. The Kier molecular flexibility index (Phi) is 4.53. The number of hydrogen-bond acceptors (Lipinski definition) is 4. The summed E-state index contributed by atoms with van der Waals surface area (Å²) in [6.45, 7) is 1.92. The maximum absolute atomic E-state index is 14.0. The summed E-state index contributed by atoms with van der Waals surface area (Å²) in [5, 5.41) is 4.89. The quantitative estimate of drug-likeness (QED) is 0.377. The van der Waals surface area contributed by atoms with Crippen molar-refractivity contribution in [2.24, 2.45) is 0 Å². The van der Waals surface area contributed by atoms with E-state index in [1.165, 1.54) is 24.5 Å². The third-order valence-corrected chi connectivity index (χ3v) is 4.30. The molecular weight excluding hydrogens is 510 g/mol. The van der Waals surface area contributed by atoms with Gasteiger partial charge in [-0.15, -0.1) is 23.8 Å². The van der Waals surface area contributed by atoms with E-state index in [4.69, 9.17) is 0 Å². The second kappa shape index (κ2) is 6.47. The van der Waals surface area contributed by atoms with Crippen molar-refractivity contribution in [3.05, 3.63) is 59.4 Å². The molecule has 0 aliphatic rings. The minimum Gasteiger partial charge on any atom is -0.264 e. The van der Waals surface area contributed by atoms with Gasteiger partial charge in [-0.3, -0.25) is 9.97 Å². The maximum Gasteiger partial charge on any atom is 0.151 e. The maximum atomic E-state index is 14.0. The van der Waals surface area contributed by atoms with Crippen LogP contribution >= 0.6 is 11.3 Å². The van der Waals surface area contributed by atoms with E-state index in [0.717, 1.165) is 19.9 Å². The van der Waals surface area contributed by atoms with Gasteiger partial charge in [0.2, 0.25) is 0 Å². The number of fused-ring (bicyclic) bond motifs is 1. The summed E-state index contributed by atoms with van der Waals surface area (Å²) < 4.78 is 30.2. The normalized spacial score (nSPS) is 10.8. The zero-order chi connectivity index (χ0) is 16.0. The Hall–Kier alpha value is -2.02. The SMILES string of the molecule is Cc1nc2cc(-c3ncnn3-c3c(F)cccc3F)[c-]cc2s1.[Ir]. The molecule has 0 unspecified atom stereocenters. The van der Waals surface area contributed by atoms with Gasteiger partial charge in [0.05, 0.1) is 10.8 Å². The van der Waals surface area contributed by atoms with Crippen LogP contribution in [0.5, 0.6) is 0 Å². The number of thiazole rings is 1.